The standard InChI is InChI=1S/C54H36N2/c1-4-15-37(16-5-1)42-31-43(38-17-6-2-7-18-38)33-44(32-42)39-19-14-22-46(34-39)56-52-26-13-11-24-48(52)50-35-40(28-30-53(50)56)41-27-29-49-47-23-10-12-25-51(47)55(54(49)36-41)45-20-8-3-9-21-45/h1-36H. The molecular formula is C54H36N2. The SMILES string of the molecule is c1ccc(-c2cc(-c3ccccc3)cc(-c3cccc(-n4c5ccccc5c5cc(-c6ccc7c8ccccc8n(-c8ccccc8)c7c6)ccc54)c3)c2)cc1. The van der Waals surface area contributed by atoms with Gasteiger partial charge in [0, 0.05) is 32.9 Å². The summed E-state index contributed by atoms with van der Waals surface area (Å²) in [5.41, 5.74) is 16.7. The lowest BCUT2D eigenvalue weighted by atomic mass is 9.93. The second-order valence-electron chi connectivity index (χ2n) is 14.6. The van der Waals surface area contributed by atoms with Gasteiger partial charge >= 0.3 is 0 Å². The monoisotopic (exact) mass is 712 g/mol. The predicted octanol–water partition coefficient (Wildman–Crippen LogP) is 14.5. The van der Waals surface area contributed by atoms with Crippen LogP contribution in [0.25, 0.3) is 99.5 Å². The zero-order valence-corrected chi connectivity index (χ0v) is 30.7. The Kier molecular flexibility index (Phi) is 7.53. The first kappa shape index (κ1) is 32.0. The minimum atomic E-state index is 1.14. The molecule has 11 rings (SSSR count). The third-order valence-electron chi connectivity index (χ3n) is 11.3. The Hall–Kier alpha value is -7.42. The highest BCUT2D eigenvalue weighted by Crippen LogP contribution is 2.39. The van der Waals surface area contributed by atoms with Crippen LogP contribution in [0.2, 0.25) is 0 Å². The van der Waals surface area contributed by atoms with Crippen molar-refractivity contribution in [3.63, 3.8) is 0 Å². The molecule has 0 bridgehead atoms. The van der Waals surface area contributed by atoms with Crippen LogP contribution in [0.15, 0.2) is 218 Å². The molecule has 9 aromatic carbocycles. The summed E-state index contributed by atoms with van der Waals surface area (Å²) in [4.78, 5) is 0. The summed E-state index contributed by atoms with van der Waals surface area (Å²) >= 11 is 0. The zero-order chi connectivity index (χ0) is 37.0. The van der Waals surface area contributed by atoms with Gasteiger partial charge in [-0.1, -0.05) is 146 Å². The van der Waals surface area contributed by atoms with Gasteiger partial charge in [-0.2, -0.15) is 0 Å². The van der Waals surface area contributed by atoms with E-state index >= 15 is 0 Å². The van der Waals surface area contributed by atoms with Crippen molar-refractivity contribution in [2.24, 2.45) is 0 Å². The minimum Gasteiger partial charge on any atom is -0.309 e. The van der Waals surface area contributed by atoms with Crippen molar-refractivity contribution >= 4 is 43.6 Å². The first-order valence-electron chi connectivity index (χ1n) is 19.3. The van der Waals surface area contributed by atoms with Crippen LogP contribution in [0.4, 0.5) is 0 Å². The smallest absolute Gasteiger partial charge is 0.0547 e. The minimum absolute atomic E-state index is 1.14. The summed E-state index contributed by atoms with van der Waals surface area (Å²) in [6, 6.07) is 79.4. The van der Waals surface area contributed by atoms with E-state index in [1.165, 1.54) is 93.8 Å². The van der Waals surface area contributed by atoms with E-state index in [1.54, 1.807) is 0 Å². The molecule has 0 N–H and O–H groups in total. The number of fused-ring (bicyclic) bond motifs is 6. The fourth-order valence-electron chi connectivity index (χ4n) is 8.65. The average molecular weight is 713 g/mol. The highest BCUT2D eigenvalue weighted by molar-refractivity contribution is 6.12. The van der Waals surface area contributed by atoms with Crippen LogP contribution in [-0.4, -0.2) is 9.13 Å². The lowest BCUT2D eigenvalue weighted by molar-refractivity contribution is 1.18. The Morgan fingerprint density at radius 2 is 0.625 bits per heavy atom. The van der Waals surface area contributed by atoms with Gasteiger partial charge in [-0.15, -0.1) is 0 Å². The molecule has 2 heteroatoms. The summed E-state index contributed by atoms with van der Waals surface area (Å²) in [5, 5.41) is 5.01. The normalized spacial score (nSPS) is 11.6. The van der Waals surface area contributed by atoms with Gasteiger partial charge < -0.3 is 9.13 Å². The van der Waals surface area contributed by atoms with Crippen LogP contribution < -0.4 is 0 Å². The number of para-hydroxylation sites is 3. The number of aromatic nitrogens is 2. The second kappa shape index (κ2) is 13.2. The molecule has 2 nitrogen and oxygen atoms in total. The third-order valence-corrected chi connectivity index (χ3v) is 11.3. The van der Waals surface area contributed by atoms with Crippen LogP contribution in [0.1, 0.15) is 0 Å². The van der Waals surface area contributed by atoms with Gasteiger partial charge in [0.25, 0.3) is 0 Å². The molecule has 0 aliphatic carbocycles. The van der Waals surface area contributed by atoms with Crippen molar-refractivity contribution in [1.29, 1.82) is 0 Å². The molecule has 0 aliphatic rings. The van der Waals surface area contributed by atoms with Gasteiger partial charge in [0.15, 0.2) is 0 Å². The summed E-state index contributed by atoms with van der Waals surface area (Å²) in [6.07, 6.45) is 0. The molecule has 0 spiro atoms. The zero-order valence-electron chi connectivity index (χ0n) is 30.7. The Morgan fingerprint density at radius 1 is 0.196 bits per heavy atom. The summed E-state index contributed by atoms with van der Waals surface area (Å²) < 4.78 is 4.82. The Balaban J connectivity index is 1.06. The van der Waals surface area contributed by atoms with E-state index in [0.717, 1.165) is 5.69 Å². The highest BCUT2D eigenvalue weighted by atomic mass is 15.0. The Labute approximate surface area is 325 Å². The topological polar surface area (TPSA) is 9.86 Å². The van der Waals surface area contributed by atoms with Crippen LogP contribution in [0.3, 0.4) is 0 Å². The van der Waals surface area contributed by atoms with Gasteiger partial charge in [-0.3, -0.25) is 0 Å². The number of rotatable bonds is 6. The molecule has 11 aromatic rings. The molecule has 0 fully saturated rings. The van der Waals surface area contributed by atoms with Gasteiger partial charge in [0.2, 0.25) is 0 Å². The lowest BCUT2D eigenvalue weighted by Crippen LogP contribution is -1.95. The first-order chi connectivity index (χ1) is 27.8. The highest BCUT2D eigenvalue weighted by Gasteiger charge is 2.17. The molecule has 0 amide bonds. The molecule has 56 heavy (non-hydrogen) atoms. The van der Waals surface area contributed by atoms with E-state index in [0.29, 0.717) is 0 Å². The molecule has 0 atom stereocenters. The first-order valence-corrected chi connectivity index (χ1v) is 19.3. The van der Waals surface area contributed by atoms with E-state index in [9.17, 15) is 0 Å². The summed E-state index contributed by atoms with van der Waals surface area (Å²) in [5.74, 6) is 0. The Morgan fingerprint density at radius 3 is 1.29 bits per heavy atom. The molecule has 0 aliphatic heterocycles. The maximum Gasteiger partial charge on any atom is 0.0547 e. The van der Waals surface area contributed by atoms with E-state index < -0.39 is 0 Å². The largest absolute Gasteiger partial charge is 0.309 e. The predicted molar refractivity (Wildman–Crippen MR) is 237 cm³/mol. The lowest BCUT2D eigenvalue weighted by Gasteiger charge is -2.14. The van der Waals surface area contributed by atoms with Crippen molar-refractivity contribution in [2.45, 2.75) is 0 Å². The fourth-order valence-corrected chi connectivity index (χ4v) is 8.65. The number of hydrogen-bond acceptors (Lipinski definition) is 0. The summed E-state index contributed by atoms with van der Waals surface area (Å²) in [7, 11) is 0. The summed E-state index contributed by atoms with van der Waals surface area (Å²) in [6.45, 7) is 0. The van der Waals surface area contributed by atoms with E-state index in [1.807, 2.05) is 0 Å². The average Bonchev–Trinajstić information content (AvgIpc) is 3.79. The van der Waals surface area contributed by atoms with Crippen molar-refractivity contribution < 1.29 is 0 Å². The van der Waals surface area contributed by atoms with Crippen molar-refractivity contribution in [1.82, 2.24) is 9.13 Å². The molecule has 2 heterocycles. The van der Waals surface area contributed by atoms with Crippen LogP contribution in [0, 0.1) is 0 Å². The number of benzene rings is 9. The van der Waals surface area contributed by atoms with Crippen molar-refractivity contribution in [2.75, 3.05) is 0 Å². The van der Waals surface area contributed by atoms with Gasteiger partial charge in [0.05, 0.1) is 22.1 Å². The molecule has 0 saturated heterocycles. The Bertz CT molecular complexity index is 3170. The number of nitrogens with zero attached hydrogens (tertiary/aromatic N) is 2. The van der Waals surface area contributed by atoms with Crippen LogP contribution in [0.5, 0.6) is 0 Å². The van der Waals surface area contributed by atoms with Gasteiger partial charge in [-0.05, 0) is 117 Å². The van der Waals surface area contributed by atoms with Gasteiger partial charge in [-0.25, -0.2) is 0 Å². The van der Waals surface area contributed by atoms with E-state index in [4.69, 9.17) is 0 Å². The van der Waals surface area contributed by atoms with Crippen LogP contribution >= 0.6 is 0 Å². The fraction of sp³-hybridized carbons (Fsp3) is 0. The van der Waals surface area contributed by atoms with Crippen LogP contribution in [-0.2, 0) is 0 Å². The van der Waals surface area contributed by atoms with E-state index in [2.05, 4.69) is 228 Å². The molecule has 0 radical (unpaired) electrons. The quantitative estimate of drug-likeness (QED) is 0.162. The van der Waals surface area contributed by atoms with Gasteiger partial charge in [0.1, 0.15) is 0 Å². The molecule has 262 valence electrons. The van der Waals surface area contributed by atoms with E-state index in [-0.39, 0.29) is 0 Å². The molecule has 0 unspecified atom stereocenters. The second-order valence-corrected chi connectivity index (χ2v) is 14.6. The number of hydrogen-bond donors (Lipinski definition) is 0. The molecule has 0 saturated carbocycles. The maximum absolute atomic E-state index is 2.42. The maximum atomic E-state index is 2.42. The molecular weight excluding hydrogens is 677 g/mol. The molecule has 2 aromatic heterocycles. The van der Waals surface area contributed by atoms with Crippen molar-refractivity contribution in [3.8, 4) is 55.9 Å². The van der Waals surface area contributed by atoms with Crippen molar-refractivity contribution in [3.05, 3.63) is 218 Å². The third kappa shape index (κ3) is 5.34.